The van der Waals surface area contributed by atoms with Crippen LogP contribution in [0.5, 0.6) is 0 Å². The molecule has 1 rings (SSSR count). The standard InChI is InChI=1S/C7H11OSi.Li/c1-9(2,3)7-5-4-6-8-7;/h4-5H,1-3H3;/q-1;+1. The predicted molar refractivity (Wildman–Crippen MR) is 40.5 cm³/mol. The van der Waals surface area contributed by atoms with Crippen molar-refractivity contribution in [2.24, 2.45) is 0 Å². The molecule has 1 aromatic heterocycles. The Morgan fingerprint density at radius 3 is 2.20 bits per heavy atom. The molecule has 0 radical (unpaired) electrons. The molecule has 0 fully saturated rings. The molecule has 0 aromatic carbocycles. The number of hydrogen-bond acceptors (Lipinski definition) is 1. The maximum absolute atomic E-state index is 5.13. The maximum atomic E-state index is 5.13. The predicted octanol–water partition coefficient (Wildman–Crippen LogP) is -1.37. The van der Waals surface area contributed by atoms with E-state index in [2.05, 4.69) is 25.9 Å². The Balaban J connectivity index is 0.000000810. The summed E-state index contributed by atoms with van der Waals surface area (Å²) in [6.07, 6.45) is 2.70. The molecular weight excluding hydrogens is 135 g/mol. The van der Waals surface area contributed by atoms with Gasteiger partial charge in [0, 0.05) is 8.07 Å². The van der Waals surface area contributed by atoms with Gasteiger partial charge in [-0.05, 0) is 6.26 Å². The van der Waals surface area contributed by atoms with Crippen LogP contribution in [0.3, 0.4) is 0 Å². The average molecular weight is 146 g/mol. The van der Waals surface area contributed by atoms with Crippen LogP contribution in [0.1, 0.15) is 0 Å². The van der Waals surface area contributed by atoms with Gasteiger partial charge in [-0.2, -0.15) is 6.07 Å². The van der Waals surface area contributed by atoms with Gasteiger partial charge in [0.2, 0.25) is 0 Å². The van der Waals surface area contributed by atoms with Gasteiger partial charge >= 0.3 is 18.9 Å². The normalized spacial score (nSPS) is 10.7. The maximum Gasteiger partial charge on any atom is 1.00 e. The molecule has 0 aliphatic heterocycles. The minimum atomic E-state index is -1.18. The fourth-order valence-corrected chi connectivity index (χ4v) is 1.59. The van der Waals surface area contributed by atoms with Crippen LogP contribution in [0.25, 0.3) is 0 Å². The average Bonchev–Trinajstić information content (AvgIpc) is 2.08. The summed E-state index contributed by atoms with van der Waals surface area (Å²) in [5.41, 5.74) is 0. The third-order valence-corrected chi connectivity index (χ3v) is 2.96. The van der Waals surface area contributed by atoms with Crippen molar-refractivity contribution in [1.29, 1.82) is 0 Å². The van der Waals surface area contributed by atoms with E-state index in [4.69, 9.17) is 4.42 Å². The first-order valence-electron chi connectivity index (χ1n) is 3.07. The minimum Gasteiger partial charge on any atom is -0.598 e. The zero-order valence-electron chi connectivity index (χ0n) is 7.06. The van der Waals surface area contributed by atoms with Crippen LogP contribution in [-0.4, -0.2) is 8.07 Å². The first-order valence-corrected chi connectivity index (χ1v) is 6.57. The fourth-order valence-electron chi connectivity index (χ4n) is 0.644. The Labute approximate surface area is 75.0 Å². The SMILES string of the molecule is C[Si](C)(C)c1cc[c-]o1.[Li+]. The van der Waals surface area contributed by atoms with Gasteiger partial charge in [0.05, 0.1) is 0 Å². The van der Waals surface area contributed by atoms with Gasteiger partial charge in [-0.1, -0.05) is 25.0 Å². The van der Waals surface area contributed by atoms with Crippen LogP contribution in [0, 0.1) is 6.26 Å². The van der Waals surface area contributed by atoms with Crippen LogP contribution in [0.2, 0.25) is 19.6 Å². The third-order valence-electron chi connectivity index (χ3n) is 1.21. The first-order chi connectivity index (χ1) is 4.11. The Hall–Kier alpha value is 0.0943. The van der Waals surface area contributed by atoms with E-state index in [1.54, 1.807) is 0 Å². The van der Waals surface area contributed by atoms with Crippen molar-refractivity contribution in [1.82, 2.24) is 0 Å². The van der Waals surface area contributed by atoms with Crippen molar-refractivity contribution in [2.75, 3.05) is 0 Å². The summed E-state index contributed by atoms with van der Waals surface area (Å²) < 4.78 is 5.13. The summed E-state index contributed by atoms with van der Waals surface area (Å²) >= 11 is 0. The van der Waals surface area contributed by atoms with E-state index < -0.39 is 8.07 Å². The van der Waals surface area contributed by atoms with Gasteiger partial charge in [-0.25, -0.2) is 0 Å². The Morgan fingerprint density at radius 2 is 2.00 bits per heavy atom. The molecule has 0 bridgehead atoms. The van der Waals surface area contributed by atoms with Crippen LogP contribution in [-0.2, 0) is 0 Å². The molecule has 1 nitrogen and oxygen atoms in total. The van der Waals surface area contributed by atoms with E-state index in [0.717, 1.165) is 5.38 Å². The monoisotopic (exact) mass is 146 g/mol. The van der Waals surface area contributed by atoms with Crippen molar-refractivity contribution in [3.05, 3.63) is 18.4 Å². The second kappa shape index (κ2) is 3.48. The quantitative estimate of drug-likeness (QED) is 0.352. The molecular formula is C7H11LiOSi. The second-order valence-corrected chi connectivity index (χ2v) is 8.16. The van der Waals surface area contributed by atoms with Crippen LogP contribution >= 0.6 is 0 Å². The first kappa shape index (κ1) is 10.1. The number of hydrogen-bond donors (Lipinski definition) is 0. The van der Waals surface area contributed by atoms with Gasteiger partial charge in [0.25, 0.3) is 0 Å². The molecule has 0 saturated heterocycles. The zero-order chi connectivity index (χ0) is 6.91. The molecule has 50 valence electrons. The Bertz CT molecular complexity index is 176. The van der Waals surface area contributed by atoms with Crippen molar-refractivity contribution in [3.63, 3.8) is 0 Å². The molecule has 3 heteroatoms. The zero-order valence-corrected chi connectivity index (χ0v) is 8.06. The summed E-state index contributed by atoms with van der Waals surface area (Å²) in [6, 6.07) is 3.83. The molecule has 0 aliphatic rings. The molecule has 0 saturated carbocycles. The largest absolute Gasteiger partial charge is 1.00 e. The number of rotatable bonds is 1. The van der Waals surface area contributed by atoms with E-state index in [-0.39, 0.29) is 18.9 Å². The Morgan fingerprint density at radius 1 is 1.40 bits per heavy atom. The molecule has 0 aliphatic carbocycles. The summed E-state index contributed by atoms with van der Waals surface area (Å²) in [7, 11) is -1.18. The molecule has 0 N–H and O–H groups in total. The van der Waals surface area contributed by atoms with Gasteiger partial charge in [-0.15, -0.1) is 6.07 Å². The van der Waals surface area contributed by atoms with Gasteiger partial charge in [-0.3, -0.25) is 0 Å². The molecule has 0 amide bonds. The molecule has 0 unspecified atom stereocenters. The summed E-state index contributed by atoms with van der Waals surface area (Å²) in [5, 5.41) is 1.13. The summed E-state index contributed by atoms with van der Waals surface area (Å²) in [5.74, 6) is 0. The van der Waals surface area contributed by atoms with Crippen molar-refractivity contribution < 1.29 is 23.3 Å². The molecule has 1 heterocycles. The van der Waals surface area contributed by atoms with E-state index in [1.807, 2.05) is 12.1 Å². The number of furan rings is 1. The molecule has 1 aromatic rings. The minimum absolute atomic E-state index is 0. The summed E-state index contributed by atoms with van der Waals surface area (Å²) in [4.78, 5) is 0. The van der Waals surface area contributed by atoms with E-state index in [9.17, 15) is 0 Å². The fraction of sp³-hybridized carbons (Fsp3) is 0.429. The van der Waals surface area contributed by atoms with E-state index in [0.29, 0.717) is 0 Å². The Kier molecular flexibility index (Phi) is 3.51. The van der Waals surface area contributed by atoms with Crippen molar-refractivity contribution in [3.8, 4) is 0 Å². The summed E-state index contributed by atoms with van der Waals surface area (Å²) in [6.45, 7) is 6.75. The topological polar surface area (TPSA) is 13.1 Å². The molecule has 0 atom stereocenters. The van der Waals surface area contributed by atoms with Gasteiger partial charge in [0.1, 0.15) is 0 Å². The van der Waals surface area contributed by atoms with Crippen LogP contribution in [0.15, 0.2) is 16.5 Å². The molecule has 10 heavy (non-hydrogen) atoms. The van der Waals surface area contributed by atoms with Crippen LogP contribution in [0.4, 0.5) is 0 Å². The van der Waals surface area contributed by atoms with E-state index in [1.165, 1.54) is 0 Å². The third kappa shape index (κ3) is 2.38. The van der Waals surface area contributed by atoms with Gasteiger partial charge < -0.3 is 4.42 Å². The van der Waals surface area contributed by atoms with Crippen molar-refractivity contribution >= 4 is 13.5 Å². The van der Waals surface area contributed by atoms with Crippen molar-refractivity contribution in [2.45, 2.75) is 19.6 Å². The second-order valence-electron chi connectivity index (χ2n) is 3.17. The molecule has 0 spiro atoms. The van der Waals surface area contributed by atoms with E-state index >= 15 is 0 Å². The van der Waals surface area contributed by atoms with Crippen LogP contribution < -0.4 is 24.2 Å². The van der Waals surface area contributed by atoms with Gasteiger partial charge in [0.15, 0.2) is 0 Å². The smallest absolute Gasteiger partial charge is 0.598 e.